The number of hydrogen-bond acceptors (Lipinski definition) is 5. The van der Waals surface area contributed by atoms with Crippen molar-refractivity contribution in [2.45, 2.75) is 19.5 Å². The van der Waals surface area contributed by atoms with Gasteiger partial charge in [-0.05, 0) is 36.4 Å². The molecular weight excluding hydrogens is 434 g/mol. The second kappa shape index (κ2) is 7.50. The van der Waals surface area contributed by atoms with Crippen LogP contribution in [0.4, 0.5) is 0 Å². The van der Waals surface area contributed by atoms with Gasteiger partial charge in [-0.3, -0.25) is 9.69 Å². The van der Waals surface area contributed by atoms with Gasteiger partial charge in [-0.2, -0.15) is 0 Å². The van der Waals surface area contributed by atoms with Crippen molar-refractivity contribution in [3.63, 3.8) is 0 Å². The summed E-state index contributed by atoms with van der Waals surface area (Å²) in [6, 6.07) is 15.6. The molecule has 146 valence electrons. The number of benzene rings is 1. The first-order valence-corrected chi connectivity index (χ1v) is 10.2. The van der Waals surface area contributed by atoms with E-state index in [2.05, 4.69) is 30.8 Å². The normalized spacial score (nSPS) is 14.1. The largest absolute Gasteiger partial charge is 0.461 e. The Labute approximate surface area is 175 Å². The van der Waals surface area contributed by atoms with Gasteiger partial charge in [0.15, 0.2) is 11.6 Å². The van der Waals surface area contributed by atoms with Crippen molar-refractivity contribution >= 4 is 15.9 Å². The van der Waals surface area contributed by atoms with Crippen LogP contribution in [0.2, 0.25) is 0 Å². The van der Waals surface area contributed by atoms with Crippen LogP contribution in [0.5, 0.6) is 0 Å². The van der Waals surface area contributed by atoms with Gasteiger partial charge in [0, 0.05) is 29.5 Å². The summed E-state index contributed by atoms with van der Waals surface area (Å²) in [5.41, 5.74) is 2.48. The number of hydrogen-bond donors (Lipinski definition) is 1. The molecule has 0 amide bonds. The summed E-state index contributed by atoms with van der Waals surface area (Å²) in [4.78, 5) is 22.3. The molecule has 1 aliphatic rings. The minimum atomic E-state index is -0.110. The first-order chi connectivity index (χ1) is 14.2. The Morgan fingerprint density at radius 2 is 1.97 bits per heavy atom. The molecule has 0 spiro atoms. The maximum absolute atomic E-state index is 12.6. The van der Waals surface area contributed by atoms with Gasteiger partial charge in [-0.1, -0.05) is 28.1 Å². The highest BCUT2D eigenvalue weighted by atomic mass is 79.9. The summed E-state index contributed by atoms with van der Waals surface area (Å²) >= 11 is 3.45. The van der Waals surface area contributed by atoms with Gasteiger partial charge in [0.2, 0.25) is 0 Å². The molecule has 0 aliphatic carbocycles. The third kappa shape index (κ3) is 3.71. The van der Waals surface area contributed by atoms with Crippen LogP contribution in [0.15, 0.2) is 72.9 Å². The third-order valence-electron chi connectivity index (χ3n) is 5.07. The standard InChI is InChI=1S/C22H18BrN3O3/c23-15-5-3-14(4-6-15)19-8-7-16(29-19)12-26-10-9-18-17(13-26)22(27)25-21(24-18)20-2-1-11-28-20/h1-8,11H,9-10,12-13H2,(H,24,25,27). The lowest BCUT2D eigenvalue weighted by atomic mass is 10.1. The fourth-order valence-corrected chi connectivity index (χ4v) is 3.86. The highest BCUT2D eigenvalue weighted by Crippen LogP contribution is 2.26. The number of rotatable bonds is 4. The van der Waals surface area contributed by atoms with E-state index in [9.17, 15) is 4.79 Å². The Morgan fingerprint density at radius 1 is 1.10 bits per heavy atom. The molecule has 1 aliphatic heterocycles. The fraction of sp³-hybridized carbons (Fsp3) is 0.182. The van der Waals surface area contributed by atoms with Gasteiger partial charge in [0.1, 0.15) is 11.5 Å². The summed E-state index contributed by atoms with van der Waals surface area (Å²) in [7, 11) is 0. The van der Waals surface area contributed by atoms with Crippen LogP contribution in [-0.2, 0) is 19.5 Å². The zero-order chi connectivity index (χ0) is 19.8. The molecule has 5 rings (SSSR count). The van der Waals surface area contributed by atoms with Crippen LogP contribution in [0.3, 0.4) is 0 Å². The molecule has 0 saturated heterocycles. The van der Waals surface area contributed by atoms with E-state index in [1.807, 2.05) is 36.4 Å². The molecule has 29 heavy (non-hydrogen) atoms. The second-order valence-corrected chi connectivity index (χ2v) is 7.97. The number of aromatic amines is 1. The second-order valence-electron chi connectivity index (χ2n) is 7.05. The van der Waals surface area contributed by atoms with E-state index in [-0.39, 0.29) is 5.56 Å². The quantitative estimate of drug-likeness (QED) is 0.490. The maximum Gasteiger partial charge on any atom is 0.256 e. The minimum Gasteiger partial charge on any atom is -0.461 e. The highest BCUT2D eigenvalue weighted by molar-refractivity contribution is 9.10. The summed E-state index contributed by atoms with van der Waals surface area (Å²) in [5.74, 6) is 2.77. The Balaban J connectivity index is 1.33. The zero-order valence-electron chi connectivity index (χ0n) is 15.5. The molecule has 0 radical (unpaired) electrons. The number of H-pyrrole nitrogens is 1. The van der Waals surface area contributed by atoms with E-state index >= 15 is 0 Å². The molecule has 3 aromatic heterocycles. The first kappa shape index (κ1) is 18.1. The molecule has 0 unspecified atom stereocenters. The summed E-state index contributed by atoms with van der Waals surface area (Å²) in [5, 5.41) is 0. The Morgan fingerprint density at radius 3 is 2.76 bits per heavy atom. The van der Waals surface area contributed by atoms with Crippen LogP contribution in [0, 0.1) is 0 Å². The van der Waals surface area contributed by atoms with Gasteiger partial charge in [0.25, 0.3) is 5.56 Å². The lowest BCUT2D eigenvalue weighted by Gasteiger charge is -2.26. The van der Waals surface area contributed by atoms with Gasteiger partial charge < -0.3 is 13.8 Å². The molecule has 0 fully saturated rings. The molecule has 7 heteroatoms. The van der Waals surface area contributed by atoms with Crippen molar-refractivity contribution in [3.05, 3.63) is 86.6 Å². The third-order valence-corrected chi connectivity index (χ3v) is 5.60. The number of furan rings is 2. The maximum atomic E-state index is 12.6. The molecule has 6 nitrogen and oxygen atoms in total. The molecule has 4 aromatic rings. The van der Waals surface area contributed by atoms with E-state index in [0.717, 1.165) is 33.8 Å². The van der Waals surface area contributed by atoms with E-state index in [4.69, 9.17) is 8.83 Å². The van der Waals surface area contributed by atoms with Crippen molar-refractivity contribution in [1.29, 1.82) is 0 Å². The van der Waals surface area contributed by atoms with Gasteiger partial charge >= 0.3 is 0 Å². The molecule has 0 atom stereocenters. The molecule has 1 N–H and O–H groups in total. The van der Waals surface area contributed by atoms with Crippen molar-refractivity contribution < 1.29 is 8.83 Å². The van der Waals surface area contributed by atoms with Gasteiger partial charge in [0.05, 0.1) is 24.1 Å². The Hall–Kier alpha value is -2.90. The van der Waals surface area contributed by atoms with Gasteiger partial charge in [-0.15, -0.1) is 0 Å². The number of nitrogens with zero attached hydrogens (tertiary/aromatic N) is 2. The van der Waals surface area contributed by atoms with Crippen LogP contribution < -0.4 is 5.56 Å². The number of nitrogens with one attached hydrogen (secondary N) is 1. The monoisotopic (exact) mass is 451 g/mol. The van der Waals surface area contributed by atoms with Crippen molar-refractivity contribution in [1.82, 2.24) is 14.9 Å². The van der Waals surface area contributed by atoms with Crippen molar-refractivity contribution in [3.8, 4) is 22.9 Å². The van der Waals surface area contributed by atoms with Crippen LogP contribution in [0.1, 0.15) is 17.0 Å². The molecule has 0 saturated carbocycles. The molecule has 1 aromatic carbocycles. The van der Waals surface area contributed by atoms with E-state index in [1.54, 1.807) is 18.4 Å². The lowest BCUT2D eigenvalue weighted by Crippen LogP contribution is -2.35. The zero-order valence-corrected chi connectivity index (χ0v) is 17.1. The SMILES string of the molecule is O=c1[nH]c(-c2ccco2)nc2c1CN(Cc1ccc(-c3ccc(Br)cc3)o1)CC2. The van der Waals surface area contributed by atoms with Crippen LogP contribution in [0.25, 0.3) is 22.9 Å². The van der Waals surface area contributed by atoms with Crippen molar-refractivity contribution in [2.75, 3.05) is 6.54 Å². The number of halogens is 1. The predicted molar refractivity (Wildman–Crippen MR) is 112 cm³/mol. The van der Waals surface area contributed by atoms with Crippen LogP contribution >= 0.6 is 15.9 Å². The number of aromatic nitrogens is 2. The topological polar surface area (TPSA) is 75.3 Å². The minimum absolute atomic E-state index is 0.110. The smallest absolute Gasteiger partial charge is 0.256 e. The predicted octanol–water partition coefficient (Wildman–Crippen LogP) is 4.61. The summed E-state index contributed by atoms with van der Waals surface area (Å²) < 4.78 is 12.4. The summed E-state index contributed by atoms with van der Waals surface area (Å²) in [6.45, 7) is 2.01. The van der Waals surface area contributed by atoms with E-state index < -0.39 is 0 Å². The van der Waals surface area contributed by atoms with E-state index in [0.29, 0.717) is 36.7 Å². The van der Waals surface area contributed by atoms with Gasteiger partial charge in [-0.25, -0.2) is 4.98 Å². The first-order valence-electron chi connectivity index (χ1n) is 9.39. The molecule has 4 heterocycles. The fourth-order valence-electron chi connectivity index (χ4n) is 3.60. The average Bonchev–Trinajstić information content (AvgIpc) is 3.41. The summed E-state index contributed by atoms with van der Waals surface area (Å²) in [6.07, 6.45) is 2.29. The van der Waals surface area contributed by atoms with E-state index in [1.165, 1.54) is 0 Å². The Bertz CT molecular complexity index is 1190. The lowest BCUT2D eigenvalue weighted by molar-refractivity contribution is 0.223. The average molecular weight is 452 g/mol. The Kier molecular flexibility index (Phi) is 4.69. The van der Waals surface area contributed by atoms with Crippen molar-refractivity contribution in [2.24, 2.45) is 0 Å². The van der Waals surface area contributed by atoms with Crippen LogP contribution in [-0.4, -0.2) is 21.4 Å². The molecule has 0 bridgehead atoms. The number of fused-ring (bicyclic) bond motifs is 1. The molecular formula is C22H18BrN3O3. The highest BCUT2D eigenvalue weighted by Gasteiger charge is 2.23.